The molecular formula is C11H13N3O. The molecule has 0 radical (unpaired) electrons. The van der Waals surface area contributed by atoms with Crippen molar-refractivity contribution in [2.75, 3.05) is 19.5 Å². The first-order chi connectivity index (χ1) is 7.33. The van der Waals surface area contributed by atoms with Gasteiger partial charge in [-0.3, -0.25) is 0 Å². The van der Waals surface area contributed by atoms with E-state index in [1.165, 1.54) is 0 Å². The number of H-pyrrole nitrogens is 1. The molecule has 15 heavy (non-hydrogen) atoms. The third-order valence-corrected chi connectivity index (χ3v) is 2.21. The van der Waals surface area contributed by atoms with Crippen LogP contribution in [0.1, 0.15) is 0 Å². The minimum atomic E-state index is 0.765. The number of anilines is 1. The normalized spacial score (nSPS) is 10.0. The molecule has 1 aromatic heterocycles. The second kappa shape index (κ2) is 4.04. The molecule has 0 bridgehead atoms. The highest BCUT2D eigenvalue weighted by atomic mass is 16.5. The summed E-state index contributed by atoms with van der Waals surface area (Å²) in [5.74, 6) is 1.62. The molecule has 1 heterocycles. The van der Waals surface area contributed by atoms with Crippen LogP contribution in [0.5, 0.6) is 5.75 Å². The highest BCUT2D eigenvalue weighted by Gasteiger charge is 2.01. The second-order valence-corrected chi connectivity index (χ2v) is 3.12. The summed E-state index contributed by atoms with van der Waals surface area (Å²) in [5, 5.41) is 2.95. The quantitative estimate of drug-likeness (QED) is 0.803. The maximum absolute atomic E-state index is 5.09. The Morgan fingerprint density at radius 3 is 2.53 bits per heavy atom. The van der Waals surface area contributed by atoms with Gasteiger partial charge in [0.15, 0.2) is 5.95 Å². The van der Waals surface area contributed by atoms with Crippen molar-refractivity contribution in [2.45, 2.75) is 0 Å². The fourth-order valence-electron chi connectivity index (χ4n) is 1.37. The summed E-state index contributed by atoms with van der Waals surface area (Å²) in [4.78, 5) is 7.31. The number of nitrogens with one attached hydrogen (secondary N) is 2. The molecule has 0 aliphatic rings. The van der Waals surface area contributed by atoms with Crippen LogP contribution in [0.15, 0.2) is 30.5 Å². The SMILES string of the molecule is CNc1ncc(-c2ccc(OC)cc2)[nH]1. The largest absolute Gasteiger partial charge is 0.497 e. The number of hydrogen-bond acceptors (Lipinski definition) is 3. The highest BCUT2D eigenvalue weighted by Crippen LogP contribution is 2.21. The lowest BCUT2D eigenvalue weighted by Gasteiger charge is -2.00. The Bertz CT molecular complexity index is 433. The highest BCUT2D eigenvalue weighted by molar-refractivity contribution is 5.61. The molecule has 0 fully saturated rings. The lowest BCUT2D eigenvalue weighted by molar-refractivity contribution is 0.415. The van der Waals surface area contributed by atoms with Crippen LogP contribution in [-0.4, -0.2) is 24.1 Å². The average Bonchev–Trinajstić information content (AvgIpc) is 2.78. The molecule has 0 unspecified atom stereocenters. The maximum Gasteiger partial charge on any atom is 0.200 e. The van der Waals surface area contributed by atoms with E-state index in [1.807, 2.05) is 31.3 Å². The van der Waals surface area contributed by atoms with Crippen LogP contribution >= 0.6 is 0 Å². The Kier molecular flexibility index (Phi) is 2.58. The summed E-state index contributed by atoms with van der Waals surface area (Å²) in [6.07, 6.45) is 1.80. The minimum absolute atomic E-state index is 0.765. The molecule has 0 saturated heterocycles. The van der Waals surface area contributed by atoms with Gasteiger partial charge in [-0.25, -0.2) is 4.98 Å². The van der Waals surface area contributed by atoms with Crippen molar-refractivity contribution >= 4 is 5.95 Å². The Balaban J connectivity index is 2.28. The van der Waals surface area contributed by atoms with E-state index < -0.39 is 0 Å². The van der Waals surface area contributed by atoms with Gasteiger partial charge >= 0.3 is 0 Å². The third-order valence-electron chi connectivity index (χ3n) is 2.21. The van der Waals surface area contributed by atoms with Gasteiger partial charge in [0.2, 0.25) is 0 Å². The van der Waals surface area contributed by atoms with Crippen molar-refractivity contribution in [1.82, 2.24) is 9.97 Å². The first-order valence-electron chi connectivity index (χ1n) is 4.70. The topological polar surface area (TPSA) is 49.9 Å². The van der Waals surface area contributed by atoms with E-state index in [1.54, 1.807) is 13.3 Å². The summed E-state index contributed by atoms with van der Waals surface area (Å²) in [6.45, 7) is 0. The monoisotopic (exact) mass is 203 g/mol. The van der Waals surface area contributed by atoms with Crippen LogP contribution in [0.2, 0.25) is 0 Å². The number of imidazole rings is 1. The molecule has 0 aliphatic carbocycles. The van der Waals surface area contributed by atoms with Crippen molar-refractivity contribution in [3.63, 3.8) is 0 Å². The molecule has 0 atom stereocenters. The maximum atomic E-state index is 5.09. The third kappa shape index (κ3) is 1.93. The zero-order valence-electron chi connectivity index (χ0n) is 8.74. The standard InChI is InChI=1S/C11H13N3O/c1-12-11-13-7-10(14-11)8-3-5-9(15-2)6-4-8/h3-7H,1-2H3,(H2,12,13,14). The van der Waals surface area contributed by atoms with E-state index in [0.717, 1.165) is 23.0 Å². The average molecular weight is 203 g/mol. The van der Waals surface area contributed by atoms with Crippen molar-refractivity contribution in [3.05, 3.63) is 30.5 Å². The number of methoxy groups -OCH3 is 1. The zero-order chi connectivity index (χ0) is 10.7. The molecule has 2 rings (SSSR count). The predicted molar refractivity (Wildman–Crippen MR) is 60.1 cm³/mol. The molecular weight excluding hydrogens is 190 g/mol. The molecule has 4 heteroatoms. The van der Waals surface area contributed by atoms with Crippen molar-refractivity contribution < 1.29 is 4.74 Å². The summed E-state index contributed by atoms with van der Waals surface area (Å²) in [5.41, 5.74) is 2.08. The van der Waals surface area contributed by atoms with E-state index in [0.29, 0.717) is 0 Å². The number of ether oxygens (including phenoxy) is 1. The van der Waals surface area contributed by atoms with Gasteiger partial charge in [0.25, 0.3) is 0 Å². The Hall–Kier alpha value is -1.97. The van der Waals surface area contributed by atoms with Gasteiger partial charge in [-0.15, -0.1) is 0 Å². The Labute approximate surface area is 88.3 Å². The van der Waals surface area contributed by atoms with Crippen LogP contribution in [0.25, 0.3) is 11.3 Å². The van der Waals surface area contributed by atoms with Crippen molar-refractivity contribution in [3.8, 4) is 17.0 Å². The number of aromatic amines is 1. The predicted octanol–water partition coefficient (Wildman–Crippen LogP) is 2.13. The smallest absolute Gasteiger partial charge is 0.200 e. The lowest BCUT2D eigenvalue weighted by atomic mass is 10.2. The molecule has 1 aromatic carbocycles. The molecule has 4 nitrogen and oxygen atoms in total. The van der Waals surface area contributed by atoms with Crippen LogP contribution in [0, 0.1) is 0 Å². The first-order valence-corrected chi connectivity index (χ1v) is 4.70. The first kappa shape index (κ1) is 9.58. The summed E-state index contributed by atoms with van der Waals surface area (Å²) in [7, 11) is 3.49. The minimum Gasteiger partial charge on any atom is -0.497 e. The lowest BCUT2D eigenvalue weighted by Crippen LogP contribution is -1.89. The van der Waals surface area contributed by atoms with Crippen LogP contribution in [0.3, 0.4) is 0 Å². The molecule has 0 amide bonds. The van der Waals surface area contributed by atoms with Crippen molar-refractivity contribution in [1.29, 1.82) is 0 Å². The Morgan fingerprint density at radius 1 is 1.27 bits per heavy atom. The van der Waals surface area contributed by atoms with Gasteiger partial charge in [0.05, 0.1) is 19.0 Å². The summed E-state index contributed by atoms with van der Waals surface area (Å²) >= 11 is 0. The summed E-state index contributed by atoms with van der Waals surface area (Å²) in [6, 6.07) is 7.84. The van der Waals surface area contributed by atoms with Crippen LogP contribution < -0.4 is 10.1 Å². The summed E-state index contributed by atoms with van der Waals surface area (Å²) < 4.78 is 5.09. The Morgan fingerprint density at radius 2 is 2.00 bits per heavy atom. The molecule has 2 N–H and O–H groups in total. The number of rotatable bonds is 3. The van der Waals surface area contributed by atoms with E-state index in [2.05, 4.69) is 15.3 Å². The van der Waals surface area contributed by atoms with Gasteiger partial charge in [0, 0.05) is 7.05 Å². The number of aromatic nitrogens is 2. The van der Waals surface area contributed by atoms with Gasteiger partial charge in [-0.1, -0.05) is 0 Å². The van der Waals surface area contributed by atoms with Gasteiger partial charge in [0.1, 0.15) is 5.75 Å². The number of nitrogens with zero attached hydrogens (tertiary/aromatic N) is 1. The van der Waals surface area contributed by atoms with Gasteiger partial charge < -0.3 is 15.0 Å². The van der Waals surface area contributed by atoms with E-state index in [4.69, 9.17) is 4.74 Å². The van der Waals surface area contributed by atoms with Crippen LogP contribution in [-0.2, 0) is 0 Å². The molecule has 2 aromatic rings. The van der Waals surface area contributed by atoms with Crippen LogP contribution in [0.4, 0.5) is 5.95 Å². The van der Waals surface area contributed by atoms with E-state index in [9.17, 15) is 0 Å². The van der Waals surface area contributed by atoms with E-state index >= 15 is 0 Å². The molecule has 78 valence electrons. The number of benzene rings is 1. The molecule has 0 aliphatic heterocycles. The van der Waals surface area contributed by atoms with Gasteiger partial charge in [-0.05, 0) is 29.8 Å². The fraction of sp³-hybridized carbons (Fsp3) is 0.182. The molecule has 0 spiro atoms. The number of hydrogen-bond donors (Lipinski definition) is 2. The fourth-order valence-corrected chi connectivity index (χ4v) is 1.37. The second-order valence-electron chi connectivity index (χ2n) is 3.12. The van der Waals surface area contributed by atoms with E-state index in [-0.39, 0.29) is 0 Å². The zero-order valence-corrected chi connectivity index (χ0v) is 8.74. The van der Waals surface area contributed by atoms with Crippen molar-refractivity contribution in [2.24, 2.45) is 0 Å². The van der Waals surface area contributed by atoms with Gasteiger partial charge in [-0.2, -0.15) is 0 Å². The molecule has 0 saturated carbocycles.